The van der Waals surface area contributed by atoms with Gasteiger partial charge in [-0.25, -0.2) is 4.39 Å². The number of nitrogens with one attached hydrogen (secondary N) is 2. The second kappa shape index (κ2) is 5.86. The SMILES string of the molecule is O=C(NC(=S)NC1C2CC3CC(C2)CC1C3)c1ccccc1F. The summed E-state index contributed by atoms with van der Waals surface area (Å²) in [4.78, 5) is 12.1. The van der Waals surface area contributed by atoms with Gasteiger partial charge in [-0.15, -0.1) is 0 Å². The lowest BCUT2D eigenvalue weighted by atomic mass is 9.54. The molecule has 23 heavy (non-hydrogen) atoms. The molecule has 0 atom stereocenters. The fourth-order valence-corrected chi connectivity index (χ4v) is 5.39. The standard InChI is InChI=1S/C18H21FN2OS/c19-15-4-2-1-3-14(15)17(22)21-18(23)20-16-12-6-10-5-11(8-12)9-13(16)7-10/h1-4,10-13,16H,5-9H2,(H2,20,21,22,23). The molecular formula is C18H21FN2OS. The van der Waals surface area contributed by atoms with Crippen LogP contribution in [0, 0.1) is 29.5 Å². The van der Waals surface area contributed by atoms with Crippen LogP contribution in [0.4, 0.5) is 4.39 Å². The number of hydrogen-bond donors (Lipinski definition) is 2. The van der Waals surface area contributed by atoms with Crippen molar-refractivity contribution in [3.63, 3.8) is 0 Å². The molecular weight excluding hydrogens is 311 g/mol. The maximum absolute atomic E-state index is 13.7. The first-order valence-corrected chi connectivity index (χ1v) is 8.87. The van der Waals surface area contributed by atoms with Crippen LogP contribution in [-0.4, -0.2) is 17.1 Å². The van der Waals surface area contributed by atoms with Gasteiger partial charge in [0.1, 0.15) is 5.82 Å². The summed E-state index contributed by atoms with van der Waals surface area (Å²) in [7, 11) is 0. The Kier molecular flexibility index (Phi) is 3.84. The Morgan fingerprint density at radius 3 is 2.26 bits per heavy atom. The van der Waals surface area contributed by atoms with Crippen molar-refractivity contribution >= 4 is 23.2 Å². The lowest BCUT2D eigenvalue weighted by Gasteiger charge is -2.54. The molecule has 5 rings (SSSR count). The molecule has 0 aromatic heterocycles. The number of halogens is 1. The maximum Gasteiger partial charge on any atom is 0.260 e. The van der Waals surface area contributed by atoms with Crippen LogP contribution in [-0.2, 0) is 0 Å². The second-order valence-electron chi connectivity index (χ2n) is 7.36. The van der Waals surface area contributed by atoms with Crippen molar-refractivity contribution in [2.75, 3.05) is 0 Å². The highest BCUT2D eigenvalue weighted by Gasteiger charge is 2.48. The van der Waals surface area contributed by atoms with Gasteiger partial charge in [0.05, 0.1) is 5.56 Å². The molecule has 2 N–H and O–H groups in total. The zero-order chi connectivity index (χ0) is 16.0. The van der Waals surface area contributed by atoms with Crippen LogP contribution in [0.2, 0.25) is 0 Å². The van der Waals surface area contributed by atoms with Crippen LogP contribution in [0.25, 0.3) is 0 Å². The highest BCUT2D eigenvalue weighted by molar-refractivity contribution is 7.80. The Labute approximate surface area is 141 Å². The third-order valence-corrected chi connectivity index (χ3v) is 6.09. The van der Waals surface area contributed by atoms with Crippen molar-refractivity contribution in [1.82, 2.24) is 10.6 Å². The molecule has 1 aromatic carbocycles. The van der Waals surface area contributed by atoms with E-state index in [1.165, 1.54) is 44.2 Å². The van der Waals surface area contributed by atoms with E-state index in [4.69, 9.17) is 12.2 Å². The molecule has 4 aliphatic rings. The van der Waals surface area contributed by atoms with Gasteiger partial charge in [-0.3, -0.25) is 10.1 Å². The number of amides is 1. The van der Waals surface area contributed by atoms with E-state index in [0.29, 0.717) is 23.0 Å². The predicted octanol–water partition coefficient (Wildman–Crippen LogP) is 3.25. The molecule has 0 aliphatic heterocycles. The van der Waals surface area contributed by atoms with Crippen LogP contribution in [0.5, 0.6) is 0 Å². The summed E-state index contributed by atoms with van der Waals surface area (Å²) < 4.78 is 13.7. The first kappa shape index (κ1) is 15.1. The van der Waals surface area contributed by atoms with Gasteiger partial charge in [0, 0.05) is 6.04 Å². The Hall–Kier alpha value is -1.49. The molecule has 122 valence electrons. The van der Waals surface area contributed by atoms with Gasteiger partial charge in [-0.2, -0.15) is 0 Å². The van der Waals surface area contributed by atoms with Crippen molar-refractivity contribution in [3.8, 4) is 0 Å². The average Bonchev–Trinajstić information content (AvgIpc) is 2.50. The Morgan fingerprint density at radius 2 is 1.65 bits per heavy atom. The number of carbonyl (C=O) groups is 1. The molecule has 0 heterocycles. The van der Waals surface area contributed by atoms with Crippen molar-refractivity contribution in [1.29, 1.82) is 0 Å². The number of thiocarbonyl (C=S) groups is 1. The molecule has 0 saturated heterocycles. The van der Waals surface area contributed by atoms with E-state index in [1.54, 1.807) is 12.1 Å². The molecule has 4 fully saturated rings. The summed E-state index contributed by atoms with van der Waals surface area (Å²) in [5.41, 5.74) is 0.0294. The van der Waals surface area contributed by atoms with E-state index in [2.05, 4.69) is 10.6 Å². The molecule has 5 heteroatoms. The van der Waals surface area contributed by atoms with Gasteiger partial charge in [0.25, 0.3) is 5.91 Å². The van der Waals surface area contributed by atoms with Gasteiger partial charge in [0.15, 0.2) is 5.11 Å². The maximum atomic E-state index is 13.7. The first-order chi connectivity index (χ1) is 11.1. The number of benzene rings is 1. The number of rotatable bonds is 2. The molecule has 0 spiro atoms. The molecule has 4 bridgehead atoms. The van der Waals surface area contributed by atoms with E-state index in [-0.39, 0.29) is 5.56 Å². The summed E-state index contributed by atoms with van der Waals surface area (Å²) in [6.45, 7) is 0. The van der Waals surface area contributed by atoms with Crippen LogP contribution in [0.1, 0.15) is 42.5 Å². The van der Waals surface area contributed by atoms with Gasteiger partial charge >= 0.3 is 0 Å². The van der Waals surface area contributed by atoms with Crippen molar-refractivity contribution in [3.05, 3.63) is 35.6 Å². The zero-order valence-corrected chi connectivity index (χ0v) is 13.7. The first-order valence-electron chi connectivity index (χ1n) is 8.46. The lowest BCUT2D eigenvalue weighted by molar-refractivity contribution is -0.00692. The monoisotopic (exact) mass is 332 g/mol. The normalized spacial score (nSPS) is 34.2. The molecule has 4 saturated carbocycles. The third-order valence-electron chi connectivity index (χ3n) is 5.87. The second-order valence-corrected chi connectivity index (χ2v) is 7.77. The van der Waals surface area contributed by atoms with Crippen LogP contribution < -0.4 is 10.6 Å². The average molecular weight is 332 g/mol. The Morgan fingerprint density at radius 1 is 1.04 bits per heavy atom. The fraction of sp³-hybridized carbons (Fsp3) is 0.556. The summed E-state index contributed by atoms with van der Waals surface area (Å²) >= 11 is 5.31. The minimum atomic E-state index is -0.526. The van der Waals surface area contributed by atoms with E-state index >= 15 is 0 Å². The van der Waals surface area contributed by atoms with Gasteiger partial charge in [0.2, 0.25) is 0 Å². The summed E-state index contributed by atoms with van der Waals surface area (Å²) in [5.74, 6) is 2.14. The fourth-order valence-electron chi connectivity index (χ4n) is 5.16. The molecule has 4 aliphatic carbocycles. The summed E-state index contributed by atoms with van der Waals surface area (Å²) in [5, 5.41) is 6.33. The molecule has 1 aromatic rings. The van der Waals surface area contributed by atoms with Gasteiger partial charge in [-0.1, -0.05) is 12.1 Å². The van der Waals surface area contributed by atoms with Crippen molar-refractivity contribution in [2.24, 2.45) is 23.7 Å². The molecule has 3 nitrogen and oxygen atoms in total. The van der Waals surface area contributed by atoms with Crippen molar-refractivity contribution in [2.45, 2.75) is 38.1 Å². The van der Waals surface area contributed by atoms with E-state index < -0.39 is 11.7 Å². The Bertz CT molecular complexity index is 620. The van der Waals surface area contributed by atoms with E-state index in [1.807, 2.05) is 0 Å². The molecule has 0 unspecified atom stereocenters. The summed E-state index contributed by atoms with van der Waals surface area (Å²) in [6, 6.07) is 6.33. The van der Waals surface area contributed by atoms with Crippen LogP contribution in [0.15, 0.2) is 24.3 Å². The minimum absolute atomic E-state index is 0.0294. The molecule has 1 amide bonds. The highest BCUT2D eigenvalue weighted by atomic mass is 32.1. The molecule has 0 radical (unpaired) electrons. The van der Waals surface area contributed by atoms with Gasteiger partial charge in [-0.05, 0) is 80.1 Å². The third kappa shape index (κ3) is 2.87. The predicted molar refractivity (Wildman–Crippen MR) is 90.4 cm³/mol. The zero-order valence-electron chi connectivity index (χ0n) is 12.9. The smallest absolute Gasteiger partial charge is 0.260 e. The topological polar surface area (TPSA) is 41.1 Å². The Balaban J connectivity index is 1.39. The lowest BCUT2D eigenvalue weighted by Crippen LogP contribution is -2.57. The van der Waals surface area contributed by atoms with E-state index in [9.17, 15) is 9.18 Å². The van der Waals surface area contributed by atoms with Crippen LogP contribution >= 0.6 is 12.2 Å². The number of hydrogen-bond acceptors (Lipinski definition) is 2. The highest BCUT2D eigenvalue weighted by Crippen LogP contribution is 2.53. The van der Waals surface area contributed by atoms with Gasteiger partial charge < -0.3 is 5.32 Å². The van der Waals surface area contributed by atoms with Crippen LogP contribution in [0.3, 0.4) is 0 Å². The minimum Gasteiger partial charge on any atom is -0.359 e. The quantitative estimate of drug-likeness (QED) is 0.817. The van der Waals surface area contributed by atoms with E-state index in [0.717, 1.165) is 11.8 Å². The largest absolute Gasteiger partial charge is 0.359 e. The van der Waals surface area contributed by atoms with Crippen molar-refractivity contribution < 1.29 is 9.18 Å². The summed E-state index contributed by atoms with van der Waals surface area (Å²) in [6.07, 6.45) is 6.56. The number of carbonyl (C=O) groups excluding carboxylic acids is 1.